The number of carbonyl (C=O) groups excluding carboxylic acids is 3. The van der Waals surface area contributed by atoms with Gasteiger partial charge in [-0.15, -0.1) is 0 Å². The van der Waals surface area contributed by atoms with Gasteiger partial charge in [0.1, 0.15) is 13.2 Å². The predicted molar refractivity (Wildman–Crippen MR) is 326 cm³/mol. The average Bonchev–Trinajstić information content (AvgIpc) is 3.41. The fourth-order valence-corrected chi connectivity index (χ4v) is 10.1. The Balaban J connectivity index is 4.32. The molecule has 6 nitrogen and oxygen atoms in total. The highest BCUT2D eigenvalue weighted by Gasteiger charge is 2.19. The second-order valence-corrected chi connectivity index (χ2v) is 22.7. The van der Waals surface area contributed by atoms with Gasteiger partial charge in [0.15, 0.2) is 6.10 Å². The average molecular weight is 1050 g/mol. The molecule has 6 heteroatoms. The van der Waals surface area contributed by atoms with E-state index in [0.29, 0.717) is 19.3 Å². The van der Waals surface area contributed by atoms with Gasteiger partial charge in [-0.1, -0.05) is 308 Å². The Hall–Kier alpha value is -2.37. The van der Waals surface area contributed by atoms with Gasteiger partial charge in [-0.3, -0.25) is 14.4 Å². The van der Waals surface area contributed by atoms with E-state index < -0.39 is 6.10 Å². The van der Waals surface area contributed by atoms with Crippen molar-refractivity contribution >= 4 is 17.9 Å². The molecule has 0 saturated heterocycles. The van der Waals surface area contributed by atoms with Crippen LogP contribution in [0.15, 0.2) is 36.5 Å². The van der Waals surface area contributed by atoms with Gasteiger partial charge >= 0.3 is 17.9 Å². The molecule has 0 aromatic heterocycles. The van der Waals surface area contributed by atoms with E-state index in [2.05, 4.69) is 57.2 Å². The molecular weight excluding hydrogens is 925 g/mol. The van der Waals surface area contributed by atoms with Crippen LogP contribution in [0.5, 0.6) is 0 Å². The molecule has 0 aromatic carbocycles. The molecule has 0 radical (unpaired) electrons. The van der Waals surface area contributed by atoms with E-state index >= 15 is 0 Å². The third-order valence-corrected chi connectivity index (χ3v) is 15.1. The Morgan fingerprint density at radius 2 is 0.480 bits per heavy atom. The maximum atomic E-state index is 12.9. The molecule has 0 aromatic rings. The fourth-order valence-electron chi connectivity index (χ4n) is 10.1. The number of carbonyl (C=O) groups is 3. The number of ether oxygens (including phenoxy) is 3. The molecule has 0 aliphatic rings. The van der Waals surface area contributed by atoms with Crippen LogP contribution in [0.2, 0.25) is 0 Å². The number of rotatable bonds is 62. The van der Waals surface area contributed by atoms with Gasteiger partial charge in [-0.2, -0.15) is 0 Å². The minimum absolute atomic E-state index is 0.0696. The van der Waals surface area contributed by atoms with Crippen LogP contribution in [0.1, 0.15) is 367 Å². The largest absolute Gasteiger partial charge is 0.462 e. The zero-order chi connectivity index (χ0) is 54.3. The van der Waals surface area contributed by atoms with Crippen LogP contribution in [0.25, 0.3) is 0 Å². The SMILES string of the molecule is CCCCCCC/C=C\C/C=C\CCCCCCCCCCCC(=O)OCC(COC(=O)CCCCCCCCCCCCCCCCC)OC(=O)CCCCCCCCCCC/C=C\CCCCCCCCCC. The molecule has 75 heavy (non-hydrogen) atoms. The van der Waals surface area contributed by atoms with E-state index in [4.69, 9.17) is 14.2 Å². The first-order chi connectivity index (χ1) is 37.0. The standard InChI is InChI=1S/C69H128O6/c1-4-7-10-13-16-19-22-25-28-30-32-34-36-38-41-44-47-50-53-56-59-62-68(71)74-65-66(64-73-67(70)61-58-55-52-49-46-43-40-27-24-21-18-15-12-9-6-3)75-69(72)63-60-57-54-51-48-45-42-39-37-35-33-31-29-26-23-20-17-14-11-8-5-2/h22,25,30-33,66H,4-21,23-24,26-29,34-65H2,1-3H3/b25-22-,32-30-,33-31-. The highest BCUT2D eigenvalue weighted by Crippen LogP contribution is 2.18. The van der Waals surface area contributed by atoms with Crippen LogP contribution in [0, 0.1) is 0 Å². The third kappa shape index (κ3) is 62.4. The smallest absolute Gasteiger partial charge is 0.306 e. The van der Waals surface area contributed by atoms with Crippen molar-refractivity contribution in [2.24, 2.45) is 0 Å². The summed E-state index contributed by atoms with van der Waals surface area (Å²) in [6.45, 7) is 6.69. The van der Waals surface area contributed by atoms with Crippen molar-refractivity contribution in [2.75, 3.05) is 13.2 Å². The summed E-state index contributed by atoms with van der Waals surface area (Å²) in [7, 11) is 0. The maximum absolute atomic E-state index is 12.9. The molecule has 0 spiro atoms. The van der Waals surface area contributed by atoms with E-state index in [-0.39, 0.29) is 31.1 Å². The quantitative estimate of drug-likeness (QED) is 0.0261. The second kappa shape index (κ2) is 64.2. The highest BCUT2D eigenvalue weighted by atomic mass is 16.6. The molecule has 0 saturated carbocycles. The third-order valence-electron chi connectivity index (χ3n) is 15.1. The van der Waals surface area contributed by atoms with Crippen LogP contribution < -0.4 is 0 Å². The molecule has 0 aliphatic carbocycles. The molecular formula is C69H128O6. The zero-order valence-corrected chi connectivity index (χ0v) is 50.6. The molecule has 1 atom stereocenters. The Kier molecular flexibility index (Phi) is 62.1. The van der Waals surface area contributed by atoms with Crippen LogP contribution in [0.3, 0.4) is 0 Å². The Morgan fingerprint density at radius 1 is 0.267 bits per heavy atom. The van der Waals surface area contributed by atoms with Crippen LogP contribution >= 0.6 is 0 Å². The Bertz CT molecular complexity index is 1250. The van der Waals surface area contributed by atoms with Gasteiger partial charge < -0.3 is 14.2 Å². The van der Waals surface area contributed by atoms with Crippen molar-refractivity contribution < 1.29 is 28.6 Å². The number of hydrogen-bond acceptors (Lipinski definition) is 6. The van der Waals surface area contributed by atoms with E-state index in [9.17, 15) is 14.4 Å². The van der Waals surface area contributed by atoms with E-state index in [1.54, 1.807) is 0 Å². The molecule has 0 heterocycles. The van der Waals surface area contributed by atoms with Gasteiger partial charge in [0.25, 0.3) is 0 Å². The van der Waals surface area contributed by atoms with Crippen molar-refractivity contribution in [1.82, 2.24) is 0 Å². The Morgan fingerprint density at radius 3 is 0.747 bits per heavy atom. The van der Waals surface area contributed by atoms with E-state index in [1.807, 2.05) is 0 Å². The van der Waals surface area contributed by atoms with Crippen LogP contribution in [-0.2, 0) is 28.6 Å². The first kappa shape index (κ1) is 72.6. The van der Waals surface area contributed by atoms with Gasteiger partial charge in [0.2, 0.25) is 0 Å². The van der Waals surface area contributed by atoms with Crippen molar-refractivity contribution in [2.45, 2.75) is 374 Å². The second-order valence-electron chi connectivity index (χ2n) is 22.7. The summed E-state index contributed by atoms with van der Waals surface area (Å²) < 4.78 is 17.0. The number of esters is 3. The van der Waals surface area contributed by atoms with Gasteiger partial charge in [0, 0.05) is 19.3 Å². The minimum Gasteiger partial charge on any atom is -0.462 e. The summed E-state index contributed by atoms with van der Waals surface area (Å²) in [6, 6.07) is 0. The van der Waals surface area contributed by atoms with Gasteiger partial charge in [-0.05, 0) is 77.0 Å². The van der Waals surface area contributed by atoms with Crippen LogP contribution in [0.4, 0.5) is 0 Å². The van der Waals surface area contributed by atoms with Crippen molar-refractivity contribution in [3.8, 4) is 0 Å². The van der Waals surface area contributed by atoms with Gasteiger partial charge in [-0.25, -0.2) is 0 Å². The van der Waals surface area contributed by atoms with Gasteiger partial charge in [0.05, 0.1) is 0 Å². The molecule has 1 unspecified atom stereocenters. The Labute approximate surface area is 467 Å². The fraction of sp³-hybridized carbons (Fsp3) is 0.870. The minimum atomic E-state index is -0.773. The summed E-state index contributed by atoms with van der Waals surface area (Å²) in [6.07, 6.45) is 78.6. The maximum Gasteiger partial charge on any atom is 0.306 e. The molecule has 0 aliphatic heterocycles. The summed E-state index contributed by atoms with van der Waals surface area (Å²) in [5, 5.41) is 0. The lowest BCUT2D eigenvalue weighted by Crippen LogP contribution is -2.30. The molecule has 0 N–H and O–H groups in total. The van der Waals surface area contributed by atoms with Crippen LogP contribution in [-0.4, -0.2) is 37.2 Å². The first-order valence-corrected chi connectivity index (χ1v) is 33.5. The lowest BCUT2D eigenvalue weighted by Gasteiger charge is -2.18. The van der Waals surface area contributed by atoms with Crippen molar-refractivity contribution in [3.05, 3.63) is 36.5 Å². The normalized spacial score (nSPS) is 12.2. The first-order valence-electron chi connectivity index (χ1n) is 33.5. The van der Waals surface area contributed by atoms with Crippen molar-refractivity contribution in [1.29, 1.82) is 0 Å². The molecule has 440 valence electrons. The van der Waals surface area contributed by atoms with E-state index in [0.717, 1.165) is 64.2 Å². The van der Waals surface area contributed by atoms with E-state index in [1.165, 1.54) is 263 Å². The monoisotopic (exact) mass is 1050 g/mol. The molecule has 0 rings (SSSR count). The lowest BCUT2D eigenvalue weighted by molar-refractivity contribution is -0.167. The highest BCUT2D eigenvalue weighted by molar-refractivity contribution is 5.71. The summed E-state index contributed by atoms with van der Waals surface area (Å²) >= 11 is 0. The number of hydrogen-bond donors (Lipinski definition) is 0. The zero-order valence-electron chi connectivity index (χ0n) is 50.6. The van der Waals surface area contributed by atoms with Crippen molar-refractivity contribution in [3.63, 3.8) is 0 Å². The number of unbranched alkanes of at least 4 members (excludes halogenated alkanes) is 45. The summed E-state index contributed by atoms with van der Waals surface area (Å²) in [4.78, 5) is 38.4. The number of allylic oxidation sites excluding steroid dienone is 6. The molecule has 0 amide bonds. The topological polar surface area (TPSA) is 78.9 Å². The molecule has 0 bridgehead atoms. The molecule has 0 fully saturated rings. The summed E-state index contributed by atoms with van der Waals surface area (Å²) in [5.41, 5.74) is 0. The predicted octanol–water partition coefficient (Wildman–Crippen LogP) is 22.8. The summed E-state index contributed by atoms with van der Waals surface area (Å²) in [5.74, 6) is -0.850. The lowest BCUT2D eigenvalue weighted by atomic mass is 10.0.